The van der Waals surface area contributed by atoms with Gasteiger partial charge in [0.05, 0.1) is 16.4 Å². The van der Waals surface area contributed by atoms with E-state index in [9.17, 15) is 8.78 Å². The van der Waals surface area contributed by atoms with Gasteiger partial charge in [0.25, 0.3) is 6.43 Å². The monoisotopic (exact) mass is 413 g/mol. The molecule has 0 radical (unpaired) electrons. The van der Waals surface area contributed by atoms with Crippen molar-refractivity contribution in [3.63, 3.8) is 0 Å². The Morgan fingerprint density at radius 2 is 2.29 bits per heavy atom. The van der Waals surface area contributed by atoms with Gasteiger partial charge < -0.3 is 10.6 Å². The highest BCUT2D eigenvalue weighted by atomic mass is 79.9. The molecule has 0 spiro atoms. The second kappa shape index (κ2) is 6.86. The lowest BCUT2D eigenvalue weighted by Crippen LogP contribution is -2.35. The molecule has 24 heavy (non-hydrogen) atoms. The number of hydrogen-bond acceptors (Lipinski definition) is 4. The van der Waals surface area contributed by atoms with E-state index < -0.39 is 12.6 Å². The first-order valence-corrected chi connectivity index (χ1v) is 8.07. The molecule has 0 aliphatic carbocycles. The Labute approximate surface area is 152 Å². The van der Waals surface area contributed by atoms with Gasteiger partial charge in [-0.3, -0.25) is 4.98 Å². The van der Waals surface area contributed by atoms with Crippen LogP contribution in [0.1, 0.15) is 11.3 Å². The van der Waals surface area contributed by atoms with Crippen molar-refractivity contribution in [1.82, 2.24) is 4.98 Å². The van der Waals surface area contributed by atoms with Crippen molar-refractivity contribution < 1.29 is 10.2 Å². The van der Waals surface area contributed by atoms with Gasteiger partial charge in [0, 0.05) is 10.7 Å². The van der Waals surface area contributed by atoms with Gasteiger partial charge in [-0.25, -0.2) is 13.8 Å². The summed E-state index contributed by atoms with van der Waals surface area (Å²) in [5.41, 5.74) is 1.60. The van der Waals surface area contributed by atoms with Crippen molar-refractivity contribution in [3.8, 4) is 0 Å². The van der Waals surface area contributed by atoms with Crippen molar-refractivity contribution in [2.75, 3.05) is 10.6 Å². The normalized spacial score (nSPS) is 17.2. The molecule has 0 amide bonds. The zero-order chi connectivity index (χ0) is 18.1. The molecule has 2 N–H and O–H groups in total. The van der Waals surface area contributed by atoms with E-state index in [-0.39, 0.29) is 17.2 Å². The number of anilines is 2. The van der Waals surface area contributed by atoms with Crippen molar-refractivity contribution in [1.29, 1.82) is 0 Å². The van der Waals surface area contributed by atoms with Gasteiger partial charge in [0.2, 0.25) is 0 Å². The largest absolute Gasteiger partial charge is 0.357 e. The number of aliphatic imine (C=N–C) groups is 1. The van der Waals surface area contributed by atoms with E-state index in [1.54, 1.807) is 24.3 Å². The van der Waals surface area contributed by atoms with Gasteiger partial charge in [-0.1, -0.05) is 30.3 Å². The SMILES string of the molecule is [2H]N1c2cc(C=C)cnc2C(Nc2cccc(Br)c2Cl)=NC1C(F)F. The summed E-state index contributed by atoms with van der Waals surface area (Å²) in [5.74, 6) is 0.124. The number of fused-ring (bicyclic) bond motifs is 1. The molecule has 1 unspecified atom stereocenters. The minimum absolute atomic E-state index is 0.124. The van der Waals surface area contributed by atoms with Crippen LogP contribution in [0.5, 0.6) is 0 Å². The summed E-state index contributed by atoms with van der Waals surface area (Å²) in [7, 11) is 0. The number of rotatable bonds is 3. The fourth-order valence-corrected chi connectivity index (χ4v) is 2.70. The smallest absolute Gasteiger partial charge is 0.278 e. The summed E-state index contributed by atoms with van der Waals surface area (Å²) in [4.78, 5) is 8.19. The van der Waals surface area contributed by atoms with Crippen molar-refractivity contribution in [3.05, 3.63) is 57.8 Å². The predicted octanol–water partition coefficient (Wildman–Crippen LogP) is 5.02. The molecule has 2 heterocycles. The van der Waals surface area contributed by atoms with Gasteiger partial charge in [-0.05, 0) is 39.7 Å². The van der Waals surface area contributed by atoms with Crippen molar-refractivity contribution >= 4 is 50.8 Å². The van der Waals surface area contributed by atoms with Crippen LogP contribution in [0.2, 0.25) is 6.43 Å². The molecule has 1 aliphatic rings. The number of pyridine rings is 1. The van der Waals surface area contributed by atoms with E-state index in [4.69, 9.17) is 13.0 Å². The number of nitrogens with zero attached hydrogens (tertiary/aromatic N) is 2. The lowest BCUT2D eigenvalue weighted by atomic mass is 10.1. The third-order valence-electron chi connectivity index (χ3n) is 3.31. The number of aromatic nitrogens is 1. The molecular weight excluding hydrogens is 402 g/mol. The fraction of sp³-hybridized carbons (Fsp3) is 0.125. The predicted molar refractivity (Wildman–Crippen MR) is 97.1 cm³/mol. The van der Waals surface area contributed by atoms with Crippen LogP contribution >= 0.6 is 27.5 Å². The minimum Gasteiger partial charge on any atom is -0.357 e. The highest BCUT2D eigenvalue weighted by Gasteiger charge is 2.28. The average molecular weight is 415 g/mol. The third kappa shape index (κ3) is 3.27. The molecule has 3 rings (SSSR count). The van der Waals surface area contributed by atoms with E-state index in [1.165, 1.54) is 12.3 Å². The molecule has 124 valence electrons. The van der Waals surface area contributed by atoms with Crippen molar-refractivity contribution in [2.24, 2.45) is 4.99 Å². The Morgan fingerprint density at radius 3 is 3.00 bits per heavy atom. The van der Waals surface area contributed by atoms with Crippen LogP contribution in [-0.2, 0) is 0 Å². The van der Waals surface area contributed by atoms with E-state index in [0.29, 0.717) is 26.1 Å². The van der Waals surface area contributed by atoms with Crippen LogP contribution in [0.25, 0.3) is 6.08 Å². The molecule has 2 aromatic rings. The highest BCUT2D eigenvalue weighted by Crippen LogP contribution is 2.32. The Hall–Kier alpha value is -1.99. The first kappa shape index (κ1) is 15.5. The van der Waals surface area contributed by atoms with E-state index in [1.807, 2.05) is 0 Å². The van der Waals surface area contributed by atoms with Gasteiger partial charge >= 0.3 is 0 Å². The van der Waals surface area contributed by atoms with Gasteiger partial charge in [-0.15, -0.1) is 0 Å². The minimum atomic E-state index is -2.84. The van der Waals surface area contributed by atoms with Crippen LogP contribution in [0.3, 0.4) is 0 Å². The number of alkyl halides is 2. The Morgan fingerprint density at radius 1 is 1.50 bits per heavy atom. The van der Waals surface area contributed by atoms with Gasteiger partial charge in [-0.2, -0.15) is 0 Å². The summed E-state index contributed by atoms with van der Waals surface area (Å²) < 4.78 is 35.3. The quantitative estimate of drug-likeness (QED) is 0.742. The third-order valence-corrected chi connectivity index (χ3v) is 4.61. The van der Waals surface area contributed by atoms with E-state index in [0.717, 1.165) is 0 Å². The molecular formula is C16H12BrClF2N4. The zero-order valence-electron chi connectivity index (χ0n) is 13.2. The number of benzene rings is 1. The molecule has 4 nitrogen and oxygen atoms in total. The maximum atomic E-state index is 13.3. The molecule has 0 bridgehead atoms. The second-order valence-electron chi connectivity index (χ2n) is 4.92. The number of amidine groups is 1. The van der Waals surface area contributed by atoms with Gasteiger partial charge in [0.15, 0.2) is 13.4 Å². The molecule has 0 saturated heterocycles. The number of hydrogen-bond donors (Lipinski definition) is 2. The maximum Gasteiger partial charge on any atom is 0.278 e. The molecule has 0 saturated carbocycles. The molecule has 1 aromatic heterocycles. The highest BCUT2D eigenvalue weighted by molar-refractivity contribution is 9.10. The van der Waals surface area contributed by atoms with E-state index in [2.05, 4.69) is 37.8 Å². The fourth-order valence-electron chi connectivity index (χ4n) is 2.16. The molecule has 0 fully saturated rings. The van der Waals surface area contributed by atoms with Crippen LogP contribution in [-0.4, -0.2) is 23.4 Å². The van der Waals surface area contributed by atoms with Crippen LogP contribution in [0, 0.1) is 0 Å². The Kier molecular flexibility index (Phi) is 4.44. The average Bonchev–Trinajstić information content (AvgIpc) is 2.60. The summed E-state index contributed by atoms with van der Waals surface area (Å²) >= 11 is 9.53. The molecule has 1 aromatic carbocycles. The number of nitrogens with one attached hydrogen (secondary N) is 2. The summed E-state index contributed by atoms with van der Waals surface area (Å²) in [5, 5.41) is 3.99. The Bertz CT molecular complexity index is 862. The lowest BCUT2D eigenvalue weighted by Gasteiger charge is -2.25. The number of halogens is 4. The van der Waals surface area contributed by atoms with E-state index >= 15 is 0 Å². The van der Waals surface area contributed by atoms with Crippen LogP contribution in [0.4, 0.5) is 20.2 Å². The topological polar surface area (TPSA) is 49.3 Å². The second-order valence-corrected chi connectivity index (χ2v) is 6.15. The maximum absolute atomic E-state index is 13.3. The molecule has 8 heteroatoms. The van der Waals surface area contributed by atoms with Crippen LogP contribution < -0.4 is 10.6 Å². The van der Waals surface area contributed by atoms with Gasteiger partial charge in [0.1, 0.15) is 5.69 Å². The molecule has 1 atom stereocenters. The lowest BCUT2D eigenvalue weighted by molar-refractivity contribution is 0.127. The molecule has 1 aliphatic heterocycles. The summed E-state index contributed by atoms with van der Waals surface area (Å²) in [6.07, 6.45) is -1.43. The van der Waals surface area contributed by atoms with Crippen molar-refractivity contribution in [2.45, 2.75) is 12.6 Å². The Balaban J connectivity index is 2.09. The van der Waals surface area contributed by atoms with Crippen LogP contribution in [0.15, 0.2) is 46.5 Å². The first-order chi connectivity index (χ1) is 11.9. The zero-order valence-corrected chi connectivity index (χ0v) is 14.5. The standard InChI is InChI=1S/C16H12BrClF2N4/c1-2-8-6-11-13(21-7-8)15(24-16(23-11)14(19)20)22-10-5-3-4-9(17)12(10)18/h2-7,14,16,23H,1H2,(H,22,24)/i/hD. The first-order valence-electron chi connectivity index (χ1n) is 7.35. The summed E-state index contributed by atoms with van der Waals surface area (Å²) in [6, 6.07) is 6.76. The summed E-state index contributed by atoms with van der Waals surface area (Å²) in [6.45, 7) is 3.63.